The zero-order chi connectivity index (χ0) is 39.8. The molecule has 2 atom stereocenters. The Morgan fingerprint density at radius 3 is 2.45 bits per heavy atom. The molecule has 1 aliphatic heterocycles. The molecule has 15 nitrogen and oxygen atoms in total. The normalized spacial score (nSPS) is 17.2. The number of thioether (sulfide) groups is 1. The molecule has 19 heteroatoms. The molecule has 0 radical (unpaired) electrons. The summed E-state index contributed by atoms with van der Waals surface area (Å²) in [5.74, 6) is -5.49. The maximum Gasteiger partial charge on any atom is 0.512 e. The van der Waals surface area contributed by atoms with Gasteiger partial charge in [-0.2, -0.15) is 10.4 Å². The Morgan fingerprint density at radius 1 is 1.05 bits per heavy atom. The molecule has 0 saturated carbocycles. The average molecular weight is 789 g/mol. The third-order valence-electron chi connectivity index (χ3n) is 7.76. The van der Waals surface area contributed by atoms with Crippen LogP contribution in [0.2, 0.25) is 0 Å². The van der Waals surface area contributed by atoms with Gasteiger partial charge in [0.2, 0.25) is 6.79 Å². The molecular formula is C36H35F3N4O11S. The van der Waals surface area contributed by atoms with Crippen LogP contribution in [0.4, 0.5) is 18.0 Å². The molecule has 1 aromatic heterocycles. The van der Waals surface area contributed by atoms with Crippen LogP contribution in [0, 0.1) is 28.8 Å². The predicted molar refractivity (Wildman–Crippen MR) is 185 cm³/mol. The first kappa shape index (κ1) is 42.0. The van der Waals surface area contributed by atoms with Crippen molar-refractivity contribution in [2.75, 3.05) is 26.6 Å². The summed E-state index contributed by atoms with van der Waals surface area (Å²) in [7, 11) is 0. The molecule has 2 aromatic carbocycles. The summed E-state index contributed by atoms with van der Waals surface area (Å²) in [5.41, 5.74) is -1.67. The molecule has 55 heavy (non-hydrogen) atoms. The fraction of sp³-hybridized carbons (Fsp3) is 0.361. The van der Waals surface area contributed by atoms with Crippen LogP contribution in [0.3, 0.4) is 0 Å². The van der Waals surface area contributed by atoms with Gasteiger partial charge < -0.3 is 33.5 Å². The van der Waals surface area contributed by atoms with Crippen LogP contribution in [0.25, 0.3) is 6.08 Å². The van der Waals surface area contributed by atoms with Crippen molar-refractivity contribution in [3.05, 3.63) is 101 Å². The summed E-state index contributed by atoms with van der Waals surface area (Å²) < 4.78 is 77.0. The molecule has 4 rings (SSSR count). The van der Waals surface area contributed by atoms with E-state index in [0.717, 1.165) is 18.2 Å². The molecular weight excluding hydrogens is 753 g/mol. The molecule has 0 amide bonds. The van der Waals surface area contributed by atoms with Gasteiger partial charge >= 0.3 is 24.1 Å². The number of carbonyl (C=O) groups excluding carboxylic acids is 3. The van der Waals surface area contributed by atoms with E-state index < -0.39 is 72.1 Å². The zero-order valence-corrected chi connectivity index (χ0v) is 30.0. The average Bonchev–Trinajstić information content (AvgIpc) is 3.66. The highest BCUT2D eigenvalue weighted by Gasteiger charge is 2.47. The van der Waals surface area contributed by atoms with Gasteiger partial charge in [0, 0.05) is 35.3 Å². The van der Waals surface area contributed by atoms with Crippen LogP contribution in [-0.2, 0) is 55.0 Å². The van der Waals surface area contributed by atoms with E-state index in [2.05, 4.69) is 14.8 Å². The summed E-state index contributed by atoms with van der Waals surface area (Å²) in [6.07, 6.45) is 6.10. The number of halogens is 3. The minimum absolute atomic E-state index is 0.0366. The number of aromatic nitrogens is 3. The van der Waals surface area contributed by atoms with Crippen LogP contribution in [0.1, 0.15) is 42.9 Å². The third kappa shape index (κ3) is 13.0. The molecule has 1 saturated heterocycles. The van der Waals surface area contributed by atoms with Gasteiger partial charge in [-0.1, -0.05) is 24.3 Å². The van der Waals surface area contributed by atoms with Crippen molar-refractivity contribution < 1.29 is 65.9 Å². The maximum absolute atomic E-state index is 15.6. The molecule has 0 spiro atoms. The Hall–Kier alpha value is -5.71. The lowest BCUT2D eigenvalue weighted by Crippen LogP contribution is -2.47. The van der Waals surface area contributed by atoms with Crippen molar-refractivity contribution in [1.82, 2.24) is 14.8 Å². The topological polar surface area (TPSA) is 198 Å². The van der Waals surface area contributed by atoms with Crippen LogP contribution in [0.15, 0.2) is 67.3 Å². The van der Waals surface area contributed by atoms with Crippen LogP contribution < -0.4 is 0 Å². The molecule has 292 valence electrons. The first-order valence-electron chi connectivity index (χ1n) is 16.5. The van der Waals surface area contributed by atoms with E-state index in [0.29, 0.717) is 6.07 Å². The first-order valence-corrected chi connectivity index (χ1v) is 17.4. The molecule has 2 heterocycles. The highest BCUT2D eigenvalue weighted by molar-refractivity contribution is 8.00. The third-order valence-corrected chi connectivity index (χ3v) is 9.21. The Kier molecular flexibility index (Phi) is 15.8. The van der Waals surface area contributed by atoms with Gasteiger partial charge in [-0.25, -0.2) is 32.4 Å². The number of hydrogen-bond acceptors (Lipinski definition) is 14. The Labute approximate surface area is 316 Å². The van der Waals surface area contributed by atoms with Crippen molar-refractivity contribution >= 4 is 41.9 Å². The summed E-state index contributed by atoms with van der Waals surface area (Å²) in [4.78, 5) is 51.2. The summed E-state index contributed by atoms with van der Waals surface area (Å²) in [5, 5.41) is 20.3. The summed E-state index contributed by atoms with van der Waals surface area (Å²) in [6.45, 7) is -0.128. The zero-order valence-electron chi connectivity index (χ0n) is 29.2. The van der Waals surface area contributed by atoms with Crippen LogP contribution in [0.5, 0.6) is 0 Å². The fourth-order valence-corrected chi connectivity index (χ4v) is 6.47. The van der Waals surface area contributed by atoms with E-state index in [-0.39, 0.29) is 61.0 Å². The van der Waals surface area contributed by atoms with Gasteiger partial charge in [0.05, 0.1) is 36.6 Å². The number of carbonyl (C=O) groups is 4. The lowest BCUT2D eigenvalue weighted by Gasteiger charge is -2.40. The van der Waals surface area contributed by atoms with Gasteiger partial charge in [0.1, 0.15) is 30.1 Å². The number of nitrogens with zero attached hydrogens (tertiary/aromatic N) is 4. The standard InChI is InChI=1S/C36H35F3N4O11S/c1-23(55-27-16-50-34(51-17-27)8-3-2-5-25-10-9-24(15-40)13-29(25)38)36(19-43-21-41-20-42-43,28-12-11-26(37)14-30(28)39)54-35(48)53-22-52-33(47)7-4-6-32(46)49-18-31(44)45/h2-3,5,8-14,20-21,23,27,34H,4,6-7,16-19,22H2,1H3,(H,44,45). The molecule has 2 unspecified atom stereocenters. The molecule has 0 bridgehead atoms. The number of rotatable bonds is 18. The summed E-state index contributed by atoms with van der Waals surface area (Å²) in [6, 6.07) is 8.73. The minimum Gasteiger partial charge on any atom is -0.479 e. The molecule has 1 N–H and O–H groups in total. The second-order valence-corrected chi connectivity index (χ2v) is 13.3. The van der Waals surface area contributed by atoms with Crippen molar-refractivity contribution in [2.24, 2.45) is 0 Å². The van der Waals surface area contributed by atoms with Gasteiger partial charge in [-0.05, 0) is 43.7 Å². The van der Waals surface area contributed by atoms with Crippen molar-refractivity contribution in [1.29, 1.82) is 5.26 Å². The molecule has 1 fully saturated rings. The molecule has 1 aliphatic rings. The Morgan fingerprint density at radius 2 is 1.80 bits per heavy atom. The Balaban J connectivity index is 1.41. The smallest absolute Gasteiger partial charge is 0.479 e. The first-order chi connectivity index (χ1) is 26.4. The van der Waals surface area contributed by atoms with E-state index in [1.807, 2.05) is 6.07 Å². The fourth-order valence-electron chi connectivity index (χ4n) is 5.11. The monoisotopic (exact) mass is 788 g/mol. The number of carboxylic acid groups (broad SMARTS) is 1. The van der Waals surface area contributed by atoms with E-state index in [9.17, 15) is 28.0 Å². The maximum atomic E-state index is 15.6. The van der Waals surface area contributed by atoms with Crippen LogP contribution in [-0.4, -0.2) is 87.3 Å². The second kappa shape index (κ2) is 20.7. The minimum atomic E-state index is -1.93. The van der Waals surface area contributed by atoms with Gasteiger partial charge in [0.15, 0.2) is 18.5 Å². The van der Waals surface area contributed by atoms with Gasteiger partial charge in [-0.15, -0.1) is 11.8 Å². The Bertz CT molecular complexity index is 1900. The van der Waals surface area contributed by atoms with Crippen molar-refractivity contribution in [3.63, 3.8) is 0 Å². The predicted octanol–water partition coefficient (Wildman–Crippen LogP) is 5.05. The lowest BCUT2D eigenvalue weighted by molar-refractivity contribution is -0.157. The van der Waals surface area contributed by atoms with E-state index in [4.69, 9.17) is 34.1 Å². The van der Waals surface area contributed by atoms with E-state index >= 15 is 4.39 Å². The quantitative estimate of drug-likeness (QED) is 0.0777. The number of benzene rings is 2. The van der Waals surface area contributed by atoms with Gasteiger partial charge in [0.25, 0.3) is 0 Å². The van der Waals surface area contributed by atoms with E-state index in [1.54, 1.807) is 25.2 Å². The highest BCUT2D eigenvalue weighted by atomic mass is 32.2. The number of nitriles is 1. The largest absolute Gasteiger partial charge is 0.512 e. The SMILES string of the molecule is CC(SC1COC(C=CC=Cc2ccc(C#N)cc2F)OC1)C(Cn1cncn1)(OC(=O)OCOC(=O)CCCC(=O)OCC(=O)O)c1ccc(F)cc1F. The second-order valence-electron chi connectivity index (χ2n) is 11.7. The summed E-state index contributed by atoms with van der Waals surface area (Å²) >= 11 is 1.21. The van der Waals surface area contributed by atoms with Gasteiger partial charge in [-0.3, -0.25) is 9.59 Å². The number of ether oxygens (including phenoxy) is 6. The number of aliphatic carboxylic acids is 1. The van der Waals surface area contributed by atoms with Crippen molar-refractivity contribution in [2.45, 2.75) is 55.1 Å². The number of allylic oxidation sites excluding steroid dienone is 2. The molecule has 3 aromatic rings. The number of carboxylic acids is 1. The van der Waals surface area contributed by atoms with E-state index in [1.165, 1.54) is 47.3 Å². The van der Waals surface area contributed by atoms with Crippen LogP contribution >= 0.6 is 11.8 Å². The lowest BCUT2D eigenvalue weighted by atomic mass is 9.89. The molecule has 0 aliphatic carbocycles. The number of esters is 2. The van der Waals surface area contributed by atoms with Crippen molar-refractivity contribution in [3.8, 4) is 6.07 Å². The highest BCUT2D eigenvalue weighted by Crippen LogP contribution is 2.42. The number of hydrogen-bond donors (Lipinski definition) is 1.